The molecule has 0 fully saturated rings. The van der Waals surface area contributed by atoms with E-state index in [0.29, 0.717) is 35.3 Å². The minimum atomic E-state index is -0.309. The van der Waals surface area contributed by atoms with Crippen molar-refractivity contribution in [3.8, 4) is 11.4 Å². The molecule has 1 aromatic heterocycles. The summed E-state index contributed by atoms with van der Waals surface area (Å²) in [5.41, 5.74) is 2.98. The van der Waals surface area contributed by atoms with Crippen molar-refractivity contribution in [1.29, 1.82) is 0 Å². The first kappa shape index (κ1) is 23.2. The van der Waals surface area contributed by atoms with Gasteiger partial charge in [-0.3, -0.25) is 9.59 Å². The first-order valence-corrected chi connectivity index (χ1v) is 10.8. The minimum absolute atomic E-state index is 0.151. The van der Waals surface area contributed by atoms with Crippen molar-refractivity contribution < 1.29 is 14.1 Å². The summed E-state index contributed by atoms with van der Waals surface area (Å²) in [5, 5.41) is 9.75. The van der Waals surface area contributed by atoms with E-state index in [1.807, 2.05) is 32.9 Å². The lowest BCUT2D eigenvalue weighted by atomic mass is 10.0. The Kier molecular flexibility index (Phi) is 7.08. The number of aromatic nitrogens is 2. The van der Waals surface area contributed by atoms with E-state index in [1.165, 1.54) is 5.56 Å². The Balaban J connectivity index is 1.51. The fourth-order valence-electron chi connectivity index (χ4n) is 3.05. The average Bonchev–Trinajstić information content (AvgIpc) is 3.21. The Bertz CT molecular complexity index is 1060. The lowest BCUT2D eigenvalue weighted by Crippen LogP contribution is -2.40. The van der Waals surface area contributed by atoms with Crippen molar-refractivity contribution in [1.82, 2.24) is 15.5 Å². The van der Waals surface area contributed by atoms with Crippen LogP contribution in [0.2, 0.25) is 0 Å². The van der Waals surface area contributed by atoms with E-state index in [2.05, 4.69) is 46.8 Å². The van der Waals surface area contributed by atoms with Crippen LogP contribution in [0.1, 0.15) is 68.8 Å². The SMILES string of the molecule is CC(C)c1ccc(-c2noc(CCC(=O)Nc3ccc(C(=O)NC(C)(C)C)cc3)n2)cc1. The summed E-state index contributed by atoms with van der Waals surface area (Å²) in [4.78, 5) is 28.9. The molecular formula is C25H30N4O3. The number of carbonyl (C=O) groups excluding carboxylic acids is 2. The maximum atomic E-state index is 12.3. The Morgan fingerprint density at radius 2 is 1.66 bits per heavy atom. The molecule has 0 aliphatic heterocycles. The maximum Gasteiger partial charge on any atom is 0.251 e. The first-order valence-electron chi connectivity index (χ1n) is 10.8. The van der Waals surface area contributed by atoms with E-state index in [1.54, 1.807) is 24.3 Å². The Morgan fingerprint density at radius 3 is 2.25 bits per heavy atom. The molecule has 3 rings (SSSR count). The van der Waals surface area contributed by atoms with Crippen LogP contribution in [0.3, 0.4) is 0 Å². The van der Waals surface area contributed by atoms with Crippen LogP contribution in [0.5, 0.6) is 0 Å². The molecule has 168 valence electrons. The molecule has 0 saturated carbocycles. The van der Waals surface area contributed by atoms with Crippen LogP contribution in [0.4, 0.5) is 5.69 Å². The molecule has 0 saturated heterocycles. The standard InChI is InChI=1S/C25H30N4O3/c1-16(2)17-6-8-18(9-7-17)23-27-22(32-29-23)15-14-21(30)26-20-12-10-19(11-13-20)24(31)28-25(3,4)5/h6-13,16H,14-15H2,1-5H3,(H,26,30)(H,28,31). The van der Waals surface area contributed by atoms with Crippen LogP contribution >= 0.6 is 0 Å². The molecule has 0 aliphatic carbocycles. The number of nitrogens with zero attached hydrogens (tertiary/aromatic N) is 2. The summed E-state index contributed by atoms with van der Waals surface area (Å²) in [6.45, 7) is 10.1. The normalized spacial score (nSPS) is 11.4. The number of amides is 2. The van der Waals surface area contributed by atoms with Gasteiger partial charge in [0.1, 0.15) is 0 Å². The predicted molar refractivity (Wildman–Crippen MR) is 124 cm³/mol. The van der Waals surface area contributed by atoms with Crippen LogP contribution in [0, 0.1) is 0 Å². The summed E-state index contributed by atoms with van der Waals surface area (Å²) in [6.07, 6.45) is 0.551. The molecule has 0 bridgehead atoms. The first-order chi connectivity index (χ1) is 15.1. The third-order valence-electron chi connectivity index (χ3n) is 4.79. The molecule has 0 aliphatic rings. The zero-order valence-corrected chi connectivity index (χ0v) is 19.2. The molecule has 7 heteroatoms. The van der Waals surface area contributed by atoms with Crippen LogP contribution in [0.15, 0.2) is 53.1 Å². The smallest absolute Gasteiger partial charge is 0.251 e. The van der Waals surface area contributed by atoms with Crippen LogP contribution in [-0.2, 0) is 11.2 Å². The zero-order chi connectivity index (χ0) is 23.3. The van der Waals surface area contributed by atoms with E-state index < -0.39 is 0 Å². The van der Waals surface area contributed by atoms with Gasteiger partial charge in [-0.2, -0.15) is 4.98 Å². The molecule has 2 aromatic carbocycles. The molecule has 1 heterocycles. The minimum Gasteiger partial charge on any atom is -0.347 e. The molecule has 2 N–H and O–H groups in total. The summed E-state index contributed by atoms with van der Waals surface area (Å²) in [6, 6.07) is 14.9. The molecule has 2 amide bonds. The number of hydrogen-bond donors (Lipinski definition) is 2. The van der Waals surface area contributed by atoms with Gasteiger partial charge < -0.3 is 15.2 Å². The fraction of sp³-hybridized carbons (Fsp3) is 0.360. The number of benzene rings is 2. The van der Waals surface area contributed by atoms with Crippen LogP contribution in [0.25, 0.3) is 11.4 Å². The average molecular weight is 435 g/mol. The molecule has 3 aromatic rings. The van der Waals surface area contributed by atoms with Gasteiger partial charge in [-0.05, 0) is 56.5 Å². The van der Waals surface area contributed by atoms with Gasteiger partial charge in [0.15, 0.2) is 0 Å². The van der Waals surface area contributed by atoms with Gasteiger partial charge in [0.2, 0.25) is 17.6 Å². The van der Waals surface area contributed by atoms with Crippen molar-refractivity contribution in [2.75, 3.05) is 5.32 Å². The van der Waals surface area contributed by atoms with Gasteiger partial charge >= 0.3 is 0 Å². The number of hydrogen-bond acceptors (Lipinski definition) is 5. The largest absolute Gasteiger partial charge is 0.347 e. The quantitative estimate of drug-likeness (QED) is 0.548. The number of aryl methyl sites for hydroxylation is 1. The molecule has 0 radical (unpaired) electrons. The van der Waals surface area contributed by atoms with Crippen molar-refractivity contribution in [2.45, 2.75) is 58.9 Å². The van der Waals surface area contributed by atoms with Crippen molar-refractivity contribution in [3.05, 3.63) is 65.5 Å². The third-order valence-corrected chi connectivity index (χ3v) is 4.79. The molecular weight excluding hydrogens is 404 g/mol. The molecule has 0 spiro atoms. The second-order valence-corrected chi connectivity index (χ2v) is 9.12. The lowest BCUT2D eigenvalue weighted by Gasteiger charge is -2.20. The highest BCUT2D eigenvalue weighted by atomic mass is 16.5. The van der Waals surface area contributed by atoms with Crippen molar-refractivity contribution in [2.24, 2.45) is 0 Å². The predicted octanol–water partition coefficient (Wildman–Crippen LogP) is 4.96. The number of anilines is 1. The van der Waals surface area contributed by atoms with E-state index in [4.69, 9.17) is 4.52 Å². The summed E-state index contributed by atoms with van der Waals surface area (Å²) < 4.78 is 5.29. The van der Waals surface area contributed by atoms with E-state index in [0.717, 1.165) is 5.56 Å². The van der Waals surface area contributed by atoms with E-state index >= 15 is 0 Å². The van der Waals surface area contributed by atoms with Crippen molar-refractivity contribution >= 4 is 17.5 Å². The number of carbonyl (C=O) groups is 2. The second kappa shape index (κ2) is 9.77. The fourth-order valence-corrected chi connectivity index (χ4v) is 3.05. The highest BCUT2D eigenvalue weighted by Crippen LogP contribution is 2.21. The van der Waals surface area contributed by atoms with E-state index in [9.17, 15) is 9.59 Å². The summed E-state index contributed by atoms with van der Waals surface area (Å²) in [5.74, 6) is 1.07. The van der Waals surface area contributed by atoms with Gasteiger partial charge in [-0.25, -0.2) is 0 Å². The molecule has 0 atom stereocenters. The third kappa shape index (κ3) is 6.51. The molecule has 0 unspecified atom stereocenters. The monoisotopic (exact) mass is 434 g/mol. The van der Waals surface area contributed by atoms with Gasteiger partial charge in [-0.1, -0.05) is 43.3 Å². The second-order valence-electron chi connectivity index (χ2n) is 9.12. The molecule has 32 heavy (non-hydrogen) atoms. The van der Waals surface area contributed by atoms with Crippen LogP contribution in [-0.4, -0.2) is 27.5 Å². The van der Waals surface area contributed by atoms with Gasteiger partial charge in [-0.15, -0.1) is 0 Å². The zero-order valence-electron chi connectivity index (χ0n) is 19.2. The Morgan fingerprint density at radius 1 is 1.00 bits per heavy atom. The maximum absolute atomic E-state index is 12.3. The topological polar surface area (TPSA) is 97.1 Å². The van der Waals surface area contributed by atoms with Gasteiger partial charge in [0.25, 0.3) is 5.91 Å². The Hall–Kier alpha value is -3.48. The highest BCUT2D eigenvalue weighted by Gasteiger charge is 2.15. The van der Waals surface area contributed by atoms with Gasteiger partial charge in [0.05, 0.1) is 0 Å². The van der Waals surface area contributed by atoms with Gasteiger partial charge in [0, 0.05) is 35.2 Å². The van der Waals surface area contributed by atoms with E-state index in [-0.39, 0.29) is 23.8 Å². The highest BCUT2D eigenvalue weighted by molar-refractivity contribution is 5.96. The lowest BCUT2D eigenvalue weighted by molar-refractivity contribution is -0.116. The summed E-state index contributed by atoms with van der Waals surface area (Å²) in [7, 11) is 0. The van der Waals surface area contributed by atoms with Crippen molar-refractivity contribution in [3.63, 3.8) is 0 Å². The number of nitrogens with one attached hydrogen (secondary N) is 2. The summed E-state index contributed by atoms with van der Waals surface area (Å²) >= 11 is 0. The Labute approximate surface area is 188 Å². The van der Waals surface area contributed by atoms with Crippen LogP contribution < -0.4 is 10.6 Å². The number of rotatable bonds is 7. The molecule has 7 nitrogen and oxygen atoms in total.